The van der Waals surface area contributed by atoms with Gasteiger partial charge in [0, 0.05) is 24.5 Å². The van der Waals surface area contributed by atoms with Crippen LogP contribution in [-0.4, -0.2) is 17.7 Å². The number of cyclic esters (lactones) is 2. The normalized spacial score (nSPS) is 17.1. The van der Waals surface area contributed by atoms with E-state index < -0.39 is 23.5 Å². The summed E-state index contributed by atoms with van der Waals surface area (Å²) in [7, 11) is 0. The first kappa shape index (κ1) is 15.8. The molecule has 8 heteroatoms. The van der Waals surface area contributed by atoms with Crippen molar-refractivity contribution in [3.63, 3.8) is 0 Å². The van der Waals surface area contributed by atoms with Gasteiger partial charge >= 0.3 is 11.9 Å². The van der Waals surface area contributed by atoms with Crippen LogP contribution in [0.15, 0.2) is 28.4 Å². The number of hydrogen-bond acceptors (Lipinski definition) is 5. The number of ether oxygens (including phenoxy) is 2. The molecule has 2 rings (SSSR count). The Labute approximate surface area is 133 Å². The molecule has 21 heavy (non-hydrogen) atoms. The summed E-state index contributed by atoms with van der Waals surface area (Å²) in [5.74, 6) is -3.70. The summed E-state index contributed by atoms with van der Waals surface area (Å²) in [4.78, 5) is 23.4. The molecular weight excluding hydrogens is 369 g/mol. The first-order chi connectivity index (χ1) is 9.71. The molecule has 112 valence electrons. The minimum absolute atomic E-state index is 0.0738. The molecule has 1 aromatic rings. The van der Waals surface area contributed by atoms with Gasteiger partial charge in [0.1, 0.15) is 5.82 Å². The molecule has 1 aliphatic heterocycles. The predicted molar refractivity (Wildman–Crippen MR) is 77.1 cm³/mol. The van der Waals surface area contributed by atoms with Crippen LogP contribution in [0.5, 0.6) is 0 Å². The fourth-order valence-corrected chi connectivity index (χ4v) is 2.12. The molecule has 1 aliphatic rings. The van der Waals surface area contributed by atoms with E-state index in [0.29, 0.717) is 4.47 Å². The van der Waals surface area contributed by atoms with E-state index >= 15 is 0 Å². The SMILES string of the molecule is CC1(C)OC(=O)C(=CNc2c(F)ccc(Br)c2Cl)C(=O)O1. The maximum absolute atomic E-state index is 13.7. The molecule has 0 atom stereocenters. The highest BCUT2D eigenvalue weighted by Crippen LogP contribution is 2.33. The third-order valence-corrected chi connectivity index (χ3v) is 3.80. The van der Waals surface area contributed by atoms with Crippen molar-refractivity contribution in [2.75, 3.05) is 5.32 Å². The average molecular weight is 379 g/mol. The zero-order valence-electron chi connectivity index (χ0n) is 11.0. The minimum atomic E-state index is -1.33. The number of anilines is 1. The molecule has 1 heterocycles. The molecule has 0 amide bonds. The van der Waals surface area contributed by atoms with Gasteiger partial charge in [0.25, 0.3) is 5.79 Å². The molecule has 1 fully saturated rings. The average Bonchev–Trinajstić information content (AvgIpc) is 2.35. The molecule has 5 nitrogen and oxygen atoms in total. The number of benzene rings is 1. The van der Waals surface area contributed by atoms with Crippen LogP contribution in [0.2, 0.25) is 5.02 Å². The van der Waals surface area contributed by atoms with Crippen molar-refractivity contribution in [1.29, 1.82) is 0 Å². The first-order valence-electron chi connectivity index (χ1n) is 5.78. The number of hydrogen-bond donors (Lipinski definition) is 1. The Balaban J connectivity index is 2.28. The molecule has 0 saturated carbocycles. The quantitative estimate of drug-likeness (QED) is 0.370. The maximum Gasteiger partial charge on any atom is 0.350 e. The van der Waals surface area contributed by atoms with Crippen LogP contribution >= 0.6 is 27.5 Å². The molecule has 0 aromatic heterocycles. The Morgan fingerprint density at radius 2 is 1.86 bits per heavy atom. The predicted octanol–water partition coefficient (Wildman–Crippen LogP) is 3.37. The standard InChI is InChI=1S/C13H10BrClFNO4/c1-13(2)20-11(18)6(12(19)21-13)5-17-10-8(16)4-3-7(14)9(10)15/h3-5,17H,1-2H3. The number of esters is 2. The van der Waals surface area contributed by atoms with Crippen molar-refractivity contribution in [2.24, 2.45) is 0 Å². The van der Waals surface area contributed by atoms with E-state index in [0.717, 1.165) is 6.20 Å². The second-order valence-electron chi connectivity index (χ2n) is 4.60. The van der Waals surface area contributed by atoms with Gasteiger partial charge in [-0.3, -0.25) is 0 Å². The largest absolute Gasteiger partial charge is 0.419 e. The molecule has 0 bridgehead atoms. The lowest BCUT2D eigenvalue weighted by Crippen LogP contribution is -2.42. The van der Waals surface area contributed by atoms with Crippen molar-refractivity contribution in [1.82, 2.24) is 0 Å². The van der Waals surface area contributed by atoms with Crippen LogP contribution in [0, 0.1) is 5.82 Å². The molecule has 1 N–H and O–H groups in total. The number of carbonyl (C=O) groups is 2. The Morgan fingerprint density at radius 1 is 1.29 bits per heavy atom. The van der Waals surface area contributed by atoms with Crippen LogP contribution in [0.3, 0.4) is 0 Å². The smallest absolute Gasteiger partial charge is 0.350 e. The summed E-state index contributed by atoms with van der Waals surface area (Å²) in [6.45, 7) is 2.86. The van der Waals surface area contributed by atoms with Gasteiger partial charge in [-0.05, 0) is 28.1 Å². The molecule has 0 unspecified atom stereocenters. The highest BCUT2D eigenvalue weighted by atomic mass is 79.9. The van der Waals surface area contributed by atoms with Crippen molar-refractivity contribution in [2.45, 2.75) is 19.6 Å². The van der Waals surface area contributed by atoms with Gasteiger partial charge in [-0.2, -0.15) is 0 Å². The van der Waals surface area contributed by atoms with Crippen LogP contribution in [0.4, 0.5) is 10.1 Å². The van der Waals surface area contributed by atoms with Gasteiger partial charge in [0.15, 0.2) is 5.57 Å². The van der Waals surface area contributed by atoms with Crippen molar-refractivity contribution in [3.05, 3.63) is 39.2 Å². The fraction of sp³-hybridized carbons (Fsp3) is 0.231. The highest BCUT2D eigenvalue weighted by Gasteiger charge is 2.39. The number of halogens is 3. The maximum atomic E-state index is 13.7. The van der Waals surface area contributed by atoms with Gasteiger partial charge in [-0.15, -0.1) is 0 Å². The minimum Gasteiger partial charge on any atom is -0.419 e. The van der Waals surface area contributed by atoms with Crippen molar-refractivity contribution < 1.29 is 23.5 Å². The van der Waals surface area contributed by atoms with Crippen LogP contribution < -0.4 is 5.32 Å². The molecule has 1 saturated heterocycles. The first-order valence-corrected chi connectivity index (χ1v) is 6.95. The zero-order valence-corrected chi connectivity index (χ0v) is 13.3. The van der Waals surface area contributed by atoms with Gasteiger partial charge in [0.2, 0.25) is 0 Å². The van der Waals surface area contributed by atoms with Gasteiger partial charge in [-0.25, -0.2) is 14.0 Å². The summed E-state index contributed by atoms with van der Waals surface area (Å²) in [5, 5.41) is 2.55. The van der Waals surface area contributed by atoms with Gasteiger partial charge in [-0.1, -0.05) is 11.6 Å². The summed E-state index contributed by atoms with van der Waals surface area (Å²) in [6, 6.07) is 2.61. The Hall–Kier alpha value is -1.60. The third kappa shape index (κ3) is 3.36. The summed E-state index contributed by atoms with van der Waals surface area (Å²) < 4.78 is 23.9. The van der Waals surface area contributed by atoms with Crippen LogP contribution in [0.25, 0.3) is 0 Å². The van der Waals surface area contributed by atoms with E-state index in [-0.39, 0.29) is 16.3 Å². The van der Waals surface area contributed by atoms with E-state index in [9.17, 15) is 14.0 Å². The number of nitrogens with one attached hydrogen (secondary N) is 1. The topological polar surface area (TPSA) is 64.6 Å². The van der Waals surface area contributed by atoms with E-state index in [4.69, 9.17) is 21.1 Å². The van der Waals surface area contributed by atoms with Gasteiger partial charge in [0.05, 0.1) is 10.7 Å². The fourth-order valence-electron chi connectivity index (χ4n) is 1.58. The zero-order chi connectivity index (χ0) is 15.8. The van der Waals surface area contributed by atoms with Crippen molar-refractivity contribution in [3.8, 4) is 0 Å². The molecule has 0 spiro atoms. The van der Waals surface area contributed by atoms with Crippen LogP contribution in [-0.2, 0) is 19.1 Å². The molecule has 0 radical (unpaired) electrons. The monoisotopic (exact) mass is 377 g/mol. The Bertz CT molecular complexity index is 638. The highest BCUT2D eigenvalue weighted by molar-refractivity contribution is 9.10. The summed E-state index contributed by atoms with van der Waals surface area (Å²) in [5.41, 5.74) is -0.464. The molecular formula is C13H10BrClFNO4. The molecule has 0 aliphatic carbocycles. The second-order valence-corrected chi connectivity index (χ2v) is 5.83. The van der Waals surface area contributed by atoms with Crippen LogP contribution in [0.1, 0.15) is 13.8 Å². The summed E-state index contributed by atoms with van der Waals surface area (Å²) >= 11 is 9.07. The summed E-state index contributed by atoms with van der Waals surface area (Å²) in [6.07, 6.45) is 0.997. The van der Waals surface area contributed by atoms with E-state index in [1.54, 1.807) is 0 Å². The second kappa shape index (κ2) is 5.65. The van der Waals surface area contributed by atoms with Crippen molar-refractivity contribution >= 4 is 45.2 Å². The van der Waals surface area contributed by atoms with E-state index in [1.807, 2.05) is 0 Å². The molecule has 1 aromatic carbocycles. The Morgan fingerprint density at radius 3 is 2.43 bits per heavy atom. The Kier molecular flexibility index (Phi) is 4.25. The van der Waals surface area contributed by atoms with E-state index in [1.165, 1.54) is 26.0 Å². The lowest BCUT2D eigenvalue weighted by Gasteiger charge is -2.29. The number of rotatable bonds is 2. The lowest BCUT2D eigenvalue weighted by molar-refractivity contribution is -0.222. The lowest BCUT2D eigenvalue weighted by atomic mass is 10.2. The van der Waals surface area contributed by atoms with Gasteiger partial charge < -0.3 is 14.8 Å². The third-order valence-electron chi connectivity index (χ3n) is 2.52. The number of carbonyl (C=O) groups excluding carboxylic acids is 2. The van der Waals surface area contributed by atoms with E-state index in [2.05, 4.69) is 21.2 Å².